The first-order chi connectivity index (χ1) is 15.9. The van der Waals surface area contributed by atoms with Crippen LogP contribution in [0.25, 0.3) is 10.9 Å². The van der Waals surface area contributed by atoms with E-state index < -0.39 is 21.6 Å². The number of nitrogens with zero attached hydrogens (tertiary/aromatic N) is 4. The van der Waals surface area contributed by atoms with Crippen molar-refractivity contribution in [1.29, 1.82) is 0 Å². The highest BCUT2D eigenvalue weighted by Crippen LogP contribution is 2.38. The molecule has 0 spiro atoms. The molecule has 4 heterocycles. The molecule has 5 rings (SSSR count). The number of hydrogen-bond acceptors (Lipinski definition) is 9. The molecule has 2 aliphatic heterocycles. The lowest BCUT2D eigenvalue weighted by Crippen LogP contribution is -2.30. The van der Waals surface area contributed by atoms with Crippen molar-refractivity contribution in [3.05, 3.63) is 35.7 Å². The predicted octanol–water partition coefficient (Wildman–Crippen LogP) is 3.37. The summed E-state index contributed by atoms with van der Waals surface area (Å²) in [6.07, 6.45) is 1.37. The third-order valence-electron chi connectivity index (χ3n) is 5.60. The number of pyridine rings is 1. The number of aliphatic hydroxyl groups is 1. The van der Waals surface area contributed by atoms with Crippen LogP contribution >= 0.6 is 11.6 Å². The van der Waals surface area contributed by atoms with Crippen molar-refractivity contribution in [1.82, 2.24) is 15.0 Å². The summed E-state index contributed by atoms with van der Waals surface area (Å²) in [7, 11) is 0.425. The molecule has 11 heteroatoms. The van der Waals surface area contributed by atoms with Crippen molar-refractivity contribution in [3.63, 3.8) is 0 Å². The number of nitrogens with one attached hydrogen (secondary N) is 1. The summed E-state index contributed by atoms with van der Waals surface area (Å²) in [6, 6.07) is 7.19. The fourth-order valence-electron chi connectivity index (χ4n) is 3.75. The summed E-state index contributed by atoms with van der Waals surface area (Å²) in [5.74, 6) is 7.77. The van der Waals surface area contributed by atoms with E-state index in [0.29, 0.717) is 28.2 Å². The first-order valence-corrected chi connectivity index (χ1v) is 13.0. The minimum Gasteiger partial charge on any atom is -0.496 e. The molecule has 3 aromatic rings. The molecule has 0 saturated carbocycles. The summed E-state index contributed by atoms with van der Waals surface area (Å²) in [5.41, 5.74) is 2.03. The number of anilines is 2. The Kier molecular flexibility index (Phi) is 6.00. The van der Waals surface area contributed by atoms with Gasteiger partial charge in [-0.1, -0.05) is 17.5 Å². The van der Waals surface area contributed by atoms with Gasteiger partial charge in [-0.05, 0) is 36.1 Å². The Morgan fingerprint density at radius 2 is 2.12 bits per heavy atom. The van der Waals surface area contributed by atoms with Crippen molar-refractivity contribution in [2.45, 2.75) is 18.6 Å². The van der Waals surface area contributed by atoms with Gasteiger partial charge >= 0.3 is 0 Å². The van der Waals surface area contributed by atoms with Crippen molar-refractivity contribution < 1.29 is 19.3 Å². The summed E-state index contributed by atoms with van der Waals surface area (Å²) < 4.78 is 21.7. The van der Waals surface area contributed by atoms with Crippen LogP contribution in [0.4, 0.5) is 17.2 Å². The Hall–Kier alpha value is -2.66. The van der Waals surface area contributed by atoms with Gasteiger partial charge in [0.2, 0.25) is 5.88 Å². The van der Waals surface area contributed by atoms with Crippen LogP contribution in [0.1, 0.15) is 6.42 Å². The van der Waals surface area contributed by atoms with Crippen LogP contribution in [0.15, 0.2) is 35.0 Å². The molecule has 174 valence electrons. The normalized spacial score (nSPS) is 21.4. The number of aliphatic hydroxyl groups excluding tert-OH is 1. The van der Waals surface area contributed by atoms with Crippen LogP contribution < -0.4 is 14.8 Å². The van der Waals surface area contributed by atoms with Gasteiger partial charge in [0.05, 0.1) is 36.9 Å². The number of fused-ring (bicyclic) bond motifs is 1. The number of halogens is 1. The molecule has 0 amide bonds. The van der Waals surface area contributed by atoms with E-state index in [4.69, 9.17) is 30.2 Å². The van der Waals surface area contributed by atoms with Crippen molar-refractivity contribution in [2.24, 2.45) is 4.36 Å². The third kappa shape index (κ3) is 4.56. The molecule has 9 nitrogen and oxygen atoms in total. The van der Waals surface area contributed by atoms with E-state index in [1.807, 2.05) is 12.1 Å². The van der Waals surface area contributed by atoms with Gasteiger partial charge in [0.15, 0.2) is 6.10 Å². The molecule has 1 aromatic carbocycles. The zero-order valence-electron chi connectivity index (χ0n) is 18.0. The molecular formula is C22H24ClN5O4S. The van der Waals surface area contributed by atoms with E-state index in [1.54, 1.807) is 19.2 Å². The second kappa shape index (κ2) is 8.94. The van der Waals surface area contributed by atoms with Gasteiger partial charge in [-0.3, -0.25) is 0 Å². The molecule has 2 aromatic heterocycles. The summed E-state index contributed by atoms with van der Waals surface area (Å²) in [6.45, 7) is 0.479. The second-order valence-electron chi connectivity index (χ2n) is 7.99. The molecule has 0 radical (unpaired) electrons. The number of aromatic nitrogens is 3. The minimum absolute atomic E-state index is 0.214. The topological polar surface area (TPSA) is 111 Å². The Bertz CT molecular complexity index is 1320. The van der Waals surface area contributed by atoms with Gasteiger partial charge in [-0.15, -0.1) is 9.41 Å². The molecule has 33 heavy (non-hydrogen) atoms. The highest BCUT2D eigenvalue weighted by molar-refractivity contribution is 8.03. The van der Waals surface area contributed by atoms with Gasteiger partial charge in [0.1, 0.15) is 34.8 Å². The molecule has 2 saturated heterocycles. The number of ether oxygens (including phenoxy) is 3. The number of benzene rings is 1. The average Bonchev–Trinajstić information content (AvgIpc) is 3.18. The monoisotopic (exact) mass is 489 g/mol. The van der Waals surface area contributed by atoms with Gasteiger partial charge in [0.25, 0.3) is 0 Å². The zero-order valence-corrected chi connectivity index (χ0v) is 19.6. The molecule has 0 unspecified atom stereocenters. The maximum Gasteiger partial charge on any atom is 0.239 e. The number of methoxy groups -OCH3 is 1. The Morgan fingerprint density at radius 1 is 1.27 bits per heavy atom. The summed E-state index contributed by atoms with van der Waals surface area (Å²) in [5, 5.41) is 14.3. The predicted molar refractivity (Wildman–Crippen MR) is 131 cm³/mol. The fourth-order valence-corrected chi connectivity index (χ4v) is 5.58. The first kappa shape index (κ1) is 22.1. The summed E-state index contributed by atoms with van der Waals surface area (Å²) in [4.78, 5) is 13.1. The van der Waals surface area contributed by atoms with Gasteiger partial charge in [-0.2, -0.15) is 4.98 Å². The lowest BCUT2D eigenvalue weighted by atomic mass is 10.2. The van der Waals surface area contributed by atoms with E-state index in [9.17, 15) is 5.11 Å². The van der Waals surface area contributed by atoms with Crippen molar-refractivity contribution >= 4 is 55.0 Å². The Balaban J connectivity index is 1.53. The van der Waals surface area contributed by atoms with Gasteiger partial charge < -0.3 is 24.6 Å². The minimum atomic E-state index is -1.18. The van der Waals surface area contributed by atoms with Crippen LogP contribution in [0.2, 0.25) is 5.15 Å². The molecular weight excluding hydrogens is 466 g/mol. The van der Waals surface area contributed by atoms with E-state index >= 15 is 0 Å². The molecule has 0 aliphatic carbocycles. The number of rotatable bonds is 6. The van der Waals surface area contributed by atoms with Crippen LogP contribution in [-0.4, -0.2) is 70.0 Å². The highest BCUT2D eigenvalue weighted by atomic mass is 35.5. The van der Waals surface area contributed by atoms with Crippen LogP contribution in [0.3, 0.4) is 0 Å². The zero-order chi connectivity index (χ0) is 23.0. The first-order valence-electron chi connectivity index (χ1n) is 10.5. The smallest absolute Gasteiger partial charge is 0.239 e. The van der Waals surface area contributed by atoms with Crippen molar-refractivity contribution in [2.75, 3.05) is 37.1 Å². The van der Waals surface area contributed by atoms with Crippen LogP contribution in [0.5, 0.6) is 11.6 Å². The Labute approximate surface area is 196 Å². The lowest BCUT2D eigenvalue weighted by Gasteiger charge is -2.24. The van der Waals surface area contributed by atoms with Crippen LogP contribution in [0, 0.1) is 0 Å². The SMILES string of the molecule is C=S1(=Nc2cc(OC)c3c(Nc4ccc(Cl)nc4O[C@H]4COC[C@@H]4O)ncnc3c2)CCC1. The summed E-state index contributed by atoms with van der Waals surface area (Å²) >= 11 is 6.10. The molecule has 2 N–H and O–H groups in total. The molecule has 2 atom stereocenters. The molecule has 2 fully saturated rings. The number of hydrogen-bond donors (Lipinski definition) is 2. The second-order valence-corrected chi connectivity index (χ2v) is 11.4. The molecule has 0 bridgehead atoms. The third-order valence-corrected chi connectivity index (χ3v) is 8.50. The standard InChI is InChI=1S/C22H24ClN5O4S/c1-30-17-9-13(28-33(2)6-3-7-33)8-15-20(17)21(25-12-24-15)26-14-4-5-19(23)27-22(14)32-18-11-31-10-16(18)29/h4-5,8-9,12,16,18,29H,2-3,6-7,10-11H2,1H3,(H,24,25,26)/t16-,18-/m0/s1. The van der Waals surface area contributed by atoms with E-state index in [-0.39, 0.29) is 24.2 Å². The quantitative estimate of drug-likeness (QED) is 0.400. The van der Waals surface area contributed by atoms with E-state index in [1.165, 1.54) is 12.7 Å². The van der Waals surface area contributed by atoms with E-state index in [0.717, 1.165) is 17.2 Å². The largest absolute Gasteiger partial charge is 0.496 e. The molecule has 2 aliphatic rings. The average molecular weight is 490 g/mol. The maximum absolute atomic E-state index is 10.1. The highest BCUT2D eigenvalue weighted by Gasteiger charge is 2.29. The fraction of sp³-hybridized carbons (Fsp3) is 0.364. The van der Waals surface area contributed by atoms with E-state index in [2.05, 4.69) is 26.1 Å². The van der Waals surface area contributed by atoms with Crippen molar-refractivity contribution in [3.8, 4) is 11.6 Å². The lowest BCUT2D eigenvalue weighted by molar-refractivity contribution is 0.0709. The van der Waals surface area contributed by atoms with Gasteiger partial charge in [-0.25, -0.2) is 14.3 Å². The van der Waals surface area contributed by atoms with Crippen LogP contribution in [-0.2, 0) is 14.2 Å². The maximum atomic E-state index is 10.1. The van der Waals surface area contributed by atoms with Gasteiger partial charge in [0, 0.05) is 6.07 Å². The Morgan fingerprint density at radius 3 is 2.82 bits per heavy atom.